The quantitative estimate of drug-likeness (QED) is 0.292. The van der Waals surface area contributed by atoms with Crippen molar-refractivity contribution in [1.29, 1.82) is 0 Å². The van der Waals surface area contributed by atoms with Gasteiger partial charge in [0.05, 0.1) is 11.2 Å². The lowest BCUT2D eigenvalue weighted by atomic mass is 9.93. The topological polar surface area (TPSA) is 70.3 Å². The molecule has 3 heterocycles. The number of aryl methyl sites for hydroxylation is 2. The number of hydrogen-bond donors (Lipinski definition) is 1. The Hall–Kier alpha value is -3.16. The number of aromatic nitrogens is 3. The fourth-order valence-electron chi connectivity index (χ4n) is 5.14. The van der Waals surface area contributed by atoms with Crippen LogP contribution in [0.15, 0.2) is 47.0 Å². The molecule has 1 N–H and O–H groups in total. The van der Waals surface area contributed by atoms with Crippen LogP contribution in [0.4, 0.5) is 11.8 Å². The summed E-state index contributed by atoms with van der Waals surface area (Å²) in [5, 5.41) is 9.42. The summed E-state index contributed by atoms with van der Waals surface area (Å²) in [5.74, 6) is 3.18. The van der Waals surface area contributed by atoms with Crippen LogP contribution in [-0.4, -0.2) is 53.8 Å². The molecule has 1 saturated heterocycles. The first-order valence-electron chi connectivity index (χ1n) is 13.0. The van der Waals surface area contributed by atoms with E-state index in [4.69, 9.17) is 26.1 Å². The molecule has 0 unspecified atom stereocenters. The first kappa shape index (κ1) is 25.5. The van der Waals surface area contributed by atoms with Crippen LogP contribution in [0.25, 0.3) is 22.0 Å². The molecule has 7 nitrogen and oxygen atoms in total. The lowest BCUT2D eigenvalue weighted by Gasteiger charge is -2.32. The van der Waals surface area contributed by atoms with Gasteiger partial charge in [0.2, 0.25) is 5.95 Å². The lowest BCUT2D eigenvalue weighted by Crippen LogP contribution is -2.35. The van der Waals surface area contributed by atoms with E-state index in [-0.39, 0.29) is 0 Å². The molecule has 5 rings (SSSR count). The van der Waals surface area contributed by atoms with Crippen molar-refractivity contribution in [1.82, 2.24) is 20.0 Å². The first-order chi connectivity index (χ1) is 17.9. The highest BCUT2D eigenvalue weighted by Crippen LogP contribution is 2.33. The van der Waals surface area contributed by atoms with Gasteiger partial charge in [0.1, 0.15) is 11.6 Å². The zero-order valence-electron chi connectivity index (χ0n) is 22.1. The van der Waals surface area contributed by atoms with Gasteiger partial charge < -0.3 is 19.6 Å². The Bertz CT molecular complexity index is 1360. The maximum atomic E-state index is 6.23. The number of fused-ring (bicyclic) bond motifs is 1. The van der Waals surface area contributed by atoms with E-state index < -0.39 is 0 Å². The Balaban J connectivity index is 1.46. The molecule has 0 radical (unpaired) electrons. The molecule has 4 aromatic rings. The number of rotatable bonds is 8. The van der Waals surface area contributed by atoms with Gasteiger partial charge in [-0.25, -0.2) is 4.98 Å². The summed E-state index contributed by atoms with van der Waals surface area (Å²) >= 11 is 6.23. The predicted octanol–water partition coefficient (Wildman–Crippen LogP) is 6.34. The van der Waals surface area contributed by atoms with Gasteiger partial charge >= 0.3 is 0 Å². The Morgan fingerprint density at radius 3 is 2.59 bits per heavy atom. The maximum Gasteiger partial charge on any atom is 0.227 e. The fraction of sp³-hybridized carbons (Fsp3) is 0.414. The normalized spacial score (nSPS) is 14.6. The van der Waals surface area contributed by atoms with E-state index >= 15 is 0 Å². The third-order valence-corrected chi connectivity index (χ3v) is 7.47. The van der Waals surface area contributed by atoms with Crippen LogP contribution in [0, 0.1) is 19.8 Å². The van der Waals surface area contributed by atoms with Gasteiger partial charge in [-0.2, -0.15) is 4.98 Å². The number of benzene rings is 2. The van der Waals surface area contributed by atoms with Crippen LogP contribution in [0.3, 0.4) is 0 Å². The van der Waals surface area contributed by atoms with Crippen LogP contribution in [-0.2, 0) is 6.54 Å². The van der Waals surface area contributed by atoms with Gasteiger partial charge in [-0.3, -0.25) is 0 Å². The number of hydrogen-bond acceptors (Lipinski definition) is 7. The molecule has 1 aliphatic heterocycles. The average molecular weight is 519 g/mol. The van der Waals surface area contributed by atoms with E-state index in [9.17, 15) is 0 Å². The molecule has 37 heavy (non-hydrogen) atoms. The van der Waals surface area contributed by atoms with E-state index in [0.717, 1.165) is 81.4 Å². The summed E-state index contributed by atoms with van der Waals surface area (Å²) in [4.78, 5) is 14.7. The third kappa shape index (κ3) is 5.89. The van der Waals surface area contributed by atoms with Gasteiger partial charge in [0.15, 0.2) is 0 Å². The molecular formula is C29H35ClN6O. The minimum atomic E-state index is 0.619. The Labute approximate surface area is 223 Å². The number of piperidine rings is 1. The second-order valence-corrected chi connectivity index (χ2v) is 10.7. The van der Waals surface area contributed by atoms with Crippen LogP contribution in [0.5, 0.6) is 0 Å². The van der Waals surface area contributed by atoms with Gasteiger partial charge in [-0.1, -0.05) is 35.0 Å². The lowest BCUT2D eigenvalue weighted by molar-refractivity contribution is 0.312. The Morgan fingerprint density at radius 1 is 1.08 bits per heavy atom. The predicted molar refractivity (Wildman–Crippen MR) is 151 cm³/mol. The minimum Gasteiger partial charge on any atom is -0.365 e. The largest absolute Gasteiger partial charge is 0.365 e. The number of anilines is 2. The standard InChI is InChI=1S/C29H35ClN6O/c1-19-27(20(2)37-34-19)23-8-9-26-25(17-23)28(31-18-22-6-5-7-24(30)16-22)33-29(32-26)36-14-11-21(12-15-36)10-13-35(3)4/h5-9,16-17,21H,10-15,18H2,1-4H3,(H,31,32,33). The van der Waals surface area contributed by atoms with Gasteiger partial charge in [-0.05, 0) is 95.1 Å². The minimum absolute atomic E-state index is 0.619. The Morgan fingerprint density at radius 2 is 1.89 bits per heavy atom. The van der Waals surface area contributed by atoms with E-state index in [1.54, 1.807) is 0 Å². The number of nitrogens with zero attached hydrogens (tertiary/aromatic N) is 5. The van der Waals surface area contributed by atoms with E-state index in [1.807, 2.05) is 32.0 Å². The van der Waals surface area contributed by atoms with E-state index in [1.165, 1.54) is 19.3 Å². The molecule has 0 bridgehead atoms. The molecule has 0 spiro atoms. The highest BCUT2D eigenvalue weighted by atomic mass is 35.5. The maximum absolute atomic E-state index is 6.23. The number of halogens is 1. The summed E-state index contributed by atoms with van der Waals surface area (Å²) in [6.07, 6.45) is 3.59. The molecular weight excluding hydrogens is 484 g/mol. The Kier molecular flexibility index (Phi) is 7.63. The second-order valence-electron chi connectivity index (χ2n) is 10.3. The first-order valence-corrected chi connectivity index (χ1v) is 13.4. The van der Waals surface area contributed by atoms with Crippen molar-refractivity contribution < 1.29 is 4.52 Å². The van der Waals surface area contributed by atoms with Crippen molar-refractivity contribution in [3.05, 3.63) is 64.5 Å². The zero-order chi connectivity index (χ0) is 25.9. The van der Waals surface area contributed by atoms with Crippen molar-refractivity contribution in [2.45, 2.75) is 39.7 Å². The van der Waals surface area contributed by atoms with Crippen LogP contribution >= 0.6 is 11.6 Å². The molecule has 1 fully saturated rings. The van der Waals surface area contributed by atoms with Gasteiger partial charge in [0, 0.05) is 35.6 Å². The fourth-order valence-corrected chi connectivity index (χ4v) is 5.35. The monoisotopic (exact) mass is 518 g/mol. The number of nitrogens with one attached hydrogen (secondary N) is 1. The summed E-state index contributed by atoms with van der Waals surface area (Å²) < 4.78 is 5.43. The zero-order valence-corrected chi connectivity index (χ0v) is 22.8. The van der Waals surface area contributed by atoms with Crippen LogP contribution < -0.4 is 10.2 Å². The van der Waals surface area contributed by atoms with Gasteiger partial charge in [0.25, 0.3) is 0 Å². The molecule has 0 aliphatic carbocycles. The highest BCUT2D eigenvalue weighted by Gasteiger charge is 2.23. The molecule has 2 aromatic heterocycles. The van der Waals surface area contributed by atoms with Gasteiger partial charge in [-0.15, -0.1) is 0 Å². The van der Waals surface area contributed by atoms with Crippen molar-refractivity contribution in [2.75, 3.05) is 43.9 Å². The SMILES string of the molecule is Cc1noc(C)c1-c1ccc2nc(N3CCC(CCN(C)C)CC3)nc(NCc3cccc(Cl)c3)c2c1. The molecule has 2 aromatic carbocycles. The summed E-state index contributed by atoms with van der Waals surface area (Å²) in [5.41, 5.74) is 4.97. The molecule has 0 atom stereocenters. The second kappa shape index (κ2) is 11.1. The van der Waals surface area contributed by atoms with Crippen molar-refractivity contribution in [3.63, 3.8) is 0 Å². The average Bonchev–Trinajstić information content (AvgIpc) is 3.23. The van der Waals surface area contributed by atoms with Crippen molar-refractivity contribution in [3.8, 4) is 11.1 Å². The summed E-state index contributed by atoms with van der Waals surface area (Å²) in [7, 11) is 4.29. The van der Waals surface area contributed by atoms with Crippen LogP contribution in [0.2, 0.25) is 5.02 Å². The molecule has 0 saturated carbocycles. The summed E-state index contributed by atoms with van der Waals surface area (Å²) in [6, 6.07) is 14.2. The smallest absolute Gasteiger partial charge is 0.227 e. The molecule has 8 heteroatoms. The molecule has 194 valence electrons. The highest BCUT2D eigenvalue weighted by molar-refractivity contribution is 6.30. The van der Waals surface area contributed by atoms with Crippen LogP contribution in [0.1, 0.15) is 36.3 Å². The third-order valence-electron chi connectivity index (χ3n) is 7.24. The van der Waals surface area contributed by atoms with E-state index in [2.05, 4.69) is 58.6 Å². The summed E-state index contributed by atoms with van der Waals surface area (Å²) in [6.45, 7) is 7.63. The van der Waals surface area contributed by atoms with Crippen molar-refractivity contribution >= 4 is 34.3 Å². The van der Waals surface area contributed by atoms with E-state index in [0.29, 0.717) is 6.54 Å². The molecule has 0 amide bonds. The molecule has 1 aliphatic rings. The van der Waals surface area contributed by atoms with Crippen molar-refractivity contribution in [2.24, 2.45) is 5.92 Å².